The van der Waals surface area contributed by atoms with E-state index in [0.29, 0.717) is 5.56 Å². The topological polar surface area (TPSA) is 75.3 Å². The molecule has 1 saturated heterocycles. The molecule has 0 spiro atoms. The highest BCUT2D eigenvalue weighted by Gasteiger charge is 2.23. The predicted octanol–water partition coefficient (Wildman–Crippen LogP) is 0.901. The summed E-state index contributed by atoms with van der Waals surface area (Å²) in [6.45, 7) is 1.91. The minimum atomic E-state index is -0.613. The molecule has 0 unspecified atom stereocenters. The van der Waals surface area contributed by atoms with Gasteiger partial charge in [0.25, 0.3) is 5.91 Å². The zero-order valence-electron chi connectivity index (χ0n) is 9.11. The predicted molar refractivity (Wildman–Crippen MR) is 60.3 cm³/mol. The van der Waals surface area contributed by atoms with Crippen molar-refractivity contribution in [3.63, 3.8) is 0 Å². The molecule has 0 saturated carbocycles. The first-order chi connectivity index (χ1) is 8.06. The van der Waals surface area contributed by atoms with Gasteiger partial charge in [-0.1, -0.05) is 29.8 Å². The van der Waals surface area contributed by atoms with E-state index in [1.165, 1.54) is 0 Å². The fraction of sp³-hybridized carbons (Fsp3) is 0.0833. The monoisotopic (exact) mass is 230 g/mol. The van der Waals surface area contributed by atoms with Crippen molar-refractivity contribution in [3.8, 4) is 0 Å². The van der Waals surface area contributed by atoms with Crippen LogP contribution in [0.25, 0.3) is 0 Å². The van der Waals surface area contributed by atoms with Crippen LogP contribution in [0.2, 0.25) is 0 Å². The molecule has 0 atom stereocenters. The first-order valence-electron chi connectivity index (χ1n) is 5.01. The van der Waals surface area contributed by atoms with E-state index in [4.69, 9.17) is 0 Å². The molecule has 86 valence electrons. The van der Waals surface area contributed by atoms with Gasteiger partial charge in [-0.3, -0.25) is 14.9 Å². The Morgan fingerprint density at radius 1 is 1.12 bits per heavy atom. The molecule has 0 bridgehead atoms. The second-order valence-electron chi connectivity index (χ2n) is 3.70. The number of ketones is 1. The maximum atomic E-state index is 11.8. The van der Waals surface area contributed by atoms with Crippen molar-refractivity contribution in [2.24, 2.45) is 0 Å². The summed E-state index contributed by atoms with van der Waals surface area (Å²) in [4.78, 5) is 33.8. The highest BCUT2D eigenvalue weighted by Crippen LogP contribution is 2.07. The molecule has 0 aromatic heterocycles. The first kappa shape index (κ1) is 11.1. The Hall–Kier alpha value is -2.43. The first-order valence-corrected chi connectivity index (χ1v) is 5.01. The van der Waals surface area contributed by atoms with Crippen molar-refractivity contribution in [1.82, 2.24) is 10.6 Å². The molecule has 2 N–H and O–H groups in total. The summed E-state index contributed by atoms with van der Waals surface area (Å²) in [7, 11) is 0. The van der Waals surface area contributed by atoms with Crippen LogP contribution >= 0.6 is 0 Å². The molecule has 0 radical (unpaired) electrons. The average Bonchev–Trinajstić information content (AvgIpc) is 2.58. The lowest BCUT2D eigenvalue weighted by Gasteiger charge is -1.97. The molecule has 5 heteroatoms. The highest BCUT2D eigenvalue weighted by molar-refractivity contribution is 6.16. The van der Waals surface area contributed by atoms with Gasteiger partial charge in [-0.15, -0.1) is 0 Å². The maximum absolute atomic E-state index is 11.8. The van der Waals surface area contributed by atoms with Gasteiger partial charge in [-0.25, -0.2) is 4.79 Å². The number of nitrogens with one attached hydrogen (secondary N) is 2. The normalized spacial score (nSPS) is 16.9. The van der Waals surface area contributed by atoms with Crippen LogP contribution in [0.5, 0.6) is 0 Å². The molecule has 1 aliphatic rings. The minimum absolute atomic E-state index is 0.0272. The number of carbonyl (C=O) groups is 3. The number of carbonyl (C=O) groups excluding carboxylic acids is 3. The summed E-state index contributed by atoms with van der Waals surface area (Å²) in [6.07, 6.45) is 1.12. The van der Waals surface area contributed by atoms with Crippen LogP contribution in [-0.2, 0) is 4.79 Å². The van der Waals surface area contributed by atoms with Crippen LogP contribution in [0.15, 0.2) is 36.0 Å². The van der Waals surface area contributed by atoms with Crippen LogP contribution < -0.4 is 10.6 Å². The van der Waals surface area contributed by atoms with Gasteiger partial charge in [0, 0.05) is 11.6 Å². The molecule has 1 aliphatic heterocycles. The van der Waals surface area contributed by atoms with Crippen LogP contribution in [0, 0.1) is 6.92 Å². The van der Waals surface area contributed by atoms with Crippen molar-refractivity contribution in [1.29, 1.82) is 0 Å². The largest absolute Gasteiger partial charge is 0.326 e. The average molecular weight is 230 g/mol. The molecule has 1 aromatic carbocycles. The standard InChI is InChI=1S/C12H10N2O3/c1-7-2-4-8(5-3-7)10(15)6-9-11(16)14-12(17)13-9/h2-6H,1H3,(H2,13,14,16,17)/b9-6-. The third-order valence-electron chi connectivity index (χ3n) is 2.33. The zero-order chi connectivity index (χ0) is 12.4. The van der Waals surface area contributed by atoms with Crippen molar-refractivity contribution < 1.29 is 14.4 Å². The second-order valence-corrected chi connectivity index (χ2v) is 3.70. The molecular weight excluding hydrogens is 220 g/mol. The number of rotatable bonds is 2. The van der Waals surface area contributed by atoms with Crippen molar-refractivity contribution in [2.75, 3.05) is 0 Å². The Morgan fingerprint density at radius 2 is 1.76 bits per heavy atom. The van der Waals surface area contributed by atoms with Crippen LogP contribution in [0.3, 0.4) is 0 Å². The Morgan fingerprint density at radius 3 is 2.29 bits per heavy atom. The summed E-state index contributed by atoms with van der Waals surface area (Å²) in [5, 5.41) is 4.28. The summed E-state index contributed by atoms with van der Waals surface area (Å²) in [5.41, 5.74) is 1.48. The van der Waals surface area contributed by atoms with Crippen LogP contribution in [0.4, 0.5) is 4.79 Å². The molecular formula is C12H10N2O3. The van der Waals surface area contributed by atoms with Gasteiger partial charge in [0.1, 0.15) is 5.70 Å². The van der Waals surface area contributed by atoms with Gasteiger partial charge < -0.3 is 5.32 Å². The van der Waals surface area contributed by atoms with Crippen molar-refractivity contribution in [3.05, 3.63) is 47.2 Å². The lowest BCUT2D eigenvalue weighted by molar-refractivity contribution is -0.115. The highest BCUT2D eigenvalue weighted by atomic mass is 16.2. The zero-order valence-corrected chi connectivity index (χ0v) is 9.11. The number of urea groups is 1. The van der Waals surface area contributed by atoms with E-state index in [9.17, 15) is 14.4 Å². The second kappa shape index (κ2) is 4.21. The summed E-state index contributed by atoms with van der Waals surface area (Å²) in [5.74, 6) is -0.909. The quantitative estimate of drug-likeness (QED) is 0.450. The van der Waals surface area contributed by atoms with E-state index < -0.39 is 11.9 Å². The molecule has 1 fully saturated rings. The SMILES string of the molecule is Cc1ccc(C(=O)/C=C2\NC(=O)NC2=O)cc1. The van der Waals surface area contributed by atoms with E-state index in [1.807, 2.05) is 12.2 Å². The molecule has 1 aromatic rings. The fourth-order valence-corrected chi connectivity index (χ4v) is 1.41. The smallest absolute Gasteiger partial charge is 0.303 e. The number of imide groups is 1. The van der Waals surface area contributed by atoms with Gasteiger partial charge in [0.2, 0.25) is 0 Å². The van der Waals surface area contributed by atoms with Gasteiger partial charge in [0.15, 0.2) is 5.78 Å². The van der Waals surface area contributed by atoms with Gasteiger partial charge in [-0.05, 0) is 6.92 Å². The van der Waals surface area contributed by atoms with E-state index in [1.54, 1.807) is 24.3 Å². The Labute approximate surface area is 97.5 Å². The third kappa shape index (κ3) is 2.39. The van der Waals surface area contributed by atoms with E-state index in [-0.39, 0.29) is 11.5 Å². The van der Waals surface area contributed by atoms with Gasteiger partial charge in [0.05, 0.1) is 0 Å². The molecule has 17 heavy (non-hydrogen) atoms. The molecule has 5 nitrogen and oxygen atoms in total. The number of allylic oxidation sites excluding steroid dienone is 1. The molecule has 0 aliphatic carbocycles. The van der Waals surface area contributed by atoms with Crippen LogP contribution in [-0.4, -0.2) is 17.7 Å². The Bertz CT molecular complexity index is 529. The molecule has 2 rings (SSSR count). The van der Waals surface area contributed by atoms with E-state index in [2.05, 4.69) is 5.32 Å². The maximum Gasteiger partial charge on any atom is 0.326 e. The number of amides is 3. The fourth-order valence-electron chi connectivity index (χ4n) is 1.41. The number of aryl methyl sites for hydroxylation is 1. The lowest BCUT2D eigenvalue weighted by Crippen LogP contribution is -2.22. The van der Waals surface area contributed by atoms with Crippen molar-refractivity contribution >= 4 is 17.7 Å². The number of hydrogen-bond acceptors (Lipinski definition) is 3. The van der Waals surface area contributed by atoms with Crippen LogP contribution in [0.1, 0.15) is 15.9 Å². The van der Waals surface area contributed by atoms with Gasteiger partial charge in [-0.2, -0.15) is 0 Å². The van der Waals surface area contributed by atoms with E-state index in [0.717, 1.165) is 11.6 Å². The van der Waals surface area contributed by atoms with Gasteiger partial charge >= 0.3 is 6.03 Å². The number of hydrogen-bond donors (Lipinski definition) is 2. The van der Waals surface area contributed by atoms with Crippen molar-refractivity contribution in [2.45, 2.75) is 6.92 Å². The minimum Gasteiger partial charge on any atom is -0.303 e. The number of benzene rings is 1. The summed E-state index contributed by atoms with van der Waals surface area (Å²) >= 11 is 0. The van der Waals surface area contributed by atoms with E-state index >= 15 is 0 Å². The molecule has 3 amide bonds. The third-order valence-corrected chi connectivity index (χ3v) is 2.33. The lowest BCUT2D eigenvalue weighted by atomic mass is 10.1. The summed E-state index contributed by atoms with van der Waals surface area (Å²) in [6, 6.07) is 6.34. The Kier molecular flexibility index (Phi) is 2.74. The Balaban J connectivity index is 2.22. The summed E-state index contributed by atoms with van der Waals surface area (Å²) < 4.78 is 0. The molecule has 1 heterocycles.